The van der Waals surface area contributed by atoms with E-state index in [1.807, 2.05) is 30.3 Å². The fourth-order valence-corrected chi connectivity index (χ4v) is 5.05. The van der Waals surface area contributed by atoms with E-state index in [4.69, 9.17) is 11.6 Å². The Morgan fingerprint density at radius 3 is 2.31 bits per heavy atom. The third-order valence-corrected chi connectivity index (χ3v) is 6.49. The largest absolute Gasteiger partial charge is 0.324 e. The van der Waals surface area contributed by atoms with Gasteiger partial charge < -0.3 is 5.32 Å². The van der Waals surface area contributed by atoms with Crippen LogP contribution < -0.4 is 10.2 Å². The molecule has 1 N–H and O–H groups in total. The van der Waals surface area contributed by atoms with Crippen molar-refractivity contribution in [1.82, 2.24) is 0 Å². The second-order valence-corrected chi connectivity index (χ2v) is 8.29. The molecule has 1 saturated heterocycles. The van der Waals surface area contributed by atoms with Crippen LogP contribution >= 0.6 is 11.6 Å². The van der Waals surface area contributed by atoms with E-state index >= 15 is 0 Å². The summed E-state index contributed by atoms with van der Waals surface area (Å²) >= 11 is 6.26. The molecule has 3 aliphatic rings. The Morgan fingerprint density at radius 2 is 1.66 bits per heavy atom. The molecule has 1 aliphatic heterocycles. The van der Waals surface area contributed by atoms with E-state index in [9.17, 15) is 14.4 Å². The highest BCUT2D eigenvalue weighted by Gasteiger charge is 2.59. The van der Waals surface area contributed by atoms with Crippen LogP contribution in [-0.4, -0.2) is 17.7 Å². The third kappa shape index (κ3) is 2.97. The number of benzene rings is 2. The molecular formula is C23H19ClN2O3. The van der Waals surface area contributed by atoms with Gasteiger partial charge in [-0.3, -0.25) is 14.4 Å². The Bertz CT molecular complexity index is 1020. The molecule has 2 bridgehead atoms. The summed E-state index contributed by atoms with van der Waals surface area (Å²) in [6, 6.07) is 14.3. The van der Waals surface area contributed by atoms with Crippen molar-refractivity contribution in [2.45, 2.75) is 12.8 Å². The van der Waals surface area contributed by atoms with Crippen molar-refractivity contribution in [3.63, 3.8) is 0 Å². The molecule has 1 saturated carbocycles. The van der Waals surface area contributed by atoms with Crippen molar-refractivity contribution < 1.29 is 14.4 Å². The van der Waals surface area contributed by atoms with E-state index < -0.39 is 0 Å². The highest BCUT2D eigenvalue weighted by atomic mass is 35.5. The standard InChI is InChI=1S/C23H19ClN2O3/c24-17-9-8-16(12-18(17)25-19(27)10-13-4-2-1-3-5-13)26-22(28)20-14-6-7-15(11-14)21(20)23(26)29/h1-9,12,14-15,20-21H,10-11H2,(H,25,27)/t14-,15-,20-,21+/m1/s1. The topological polar surface area (TPSA) is 66.5 Å². The number of nitrogens with zero attached hydrogens (tertiary/aromatic N) is 1. The molecule has 2 aromatic carbocycles. The molecule has 2 aromatic rings. The van der Waals surface area contributed by atoms with Crippen LogP contribution in [0.4, 0.5) is 11.4 Å². The number of allylic oxidation sites excluding steroid dienone is 2. The maximum Gasteiger partial charge on any atom is 0.238 e. The van der Waals surface area contributed by atoms with Crippen molar-refractivity contribution in [1.29, 1.82) is 0 Å². The summed E-state index contributed by atoms with van der Waals surface area (Å²) in [6.07, 6.45) is 5.24. The molecule has 3 amide bonds. The zero-order valence-electron chi connectivity index (χ0n) is 15.5. The average molecular weight is 407 g/mol. The van der Waals surface area contributed by atoms with Gasteiger partial charge in [-0.05, 0) is 42.0 Å². The lowest BCUT2D eigenvalue weighted by molar-refractivity contribution is -0.123. The van der Waals surface area contributed by atoms with Crippen LogP contribution in [0.25, 0.3) is 0 Å². The van der Waals surface area contributed by atoms with E-state index in [-0.39, 0.29) is 47.8 Å². The minimum Gasteiger partial charge on any atom is -0.324 e. The van der Waals surface area contributed by atoms with Crippen molar-refractivity contribution in [3.05, 3.63) is 71.3 Å². The van der Waals surface area contributed by atoms with Crippen LogP contribution in [0.1, 0.15) is 12.0 Å². The van der Waals surface area contributed by atoms with Crippen LogP contribution in [0.3, 0.4) is 0 Å². The number of hydrogen-bond acceptors (Lipinski definition) is 3. The molecule has 0 spiro atoms. The summed E-state index contributed by atoms with van der Waals surface area (Å²) in [5.41, 5.74) is 1.73. The third-order valence-electron chi connectivity index (χ3n) is 6.16. The molecule has 29 heavy (non-hydrogen) atoms. The molecule has 1 heterocycles. The normalized spacial score (nSPS) is 26.9. The highest BCUT2D eigenvalue weighted by molar-refractivity contribution is 6.34. The predicted octanol–water partition coefficient (Wildman–Crippen LogP) is 3.83. The lowest BCUT2D eigenvalue weighted by Gasteiger charge is -2.19. The van der Waals surface area contributed by atoms with Gasteiger partial charge in [0, 0.05) is 0 Å². The second kappa shape index (κ2) is 6.85. The first-order valence-electron chi connectivity index (χ1n) is 9.72. The molecule has 0 radical (unpaired) electrons. The number of amides is 3. The van der Waals surface area contributed by atoms with E-state index in [0.717, 1.165) is 12.0 Å². The molecule has 5 rings (SSSR count). The number of carbonyl (C=O) groups is 3. The number of fused-ring (bicyclic) bond motifs is 5. The van der Waals surface area contributed by atoms with Crippen molar-refractivity contribution in [2.24, 2.45) is 23.7 Å². The van der Waals surface area contributed by atoms with Crippen LogP contribution in [0.15, 0.2) is 60.7 Å². The lowest BCUT2D eigenvalue weighted by Crippen LogP contribution is -2.32. The van der Waals surface area contributed by atoms with Gasteiger partial charge in [0.15, 0.2) is 0 Å². The van der Waals surface area contributed by atoms with Crippen LogP contribution in [0.5, 0.6) is 0 Å². The fraction of sp³-hybridized carbons (Fsp3) is 0.261. The summed E-state index contributed by atoms with van der Waals surface area (Å²) in [7, 11) is 0. The van der Waals surface area contributed by atoms with E-state index in [2.05, 4.69) is 17.5 Å². The summed E-state index contributed by atoms with van der Waals surface area (Å²) in [4.78, 5) is 39.7. The van der Waals surface area contributed by atoms with Crippen molar-refractivity contribution >= 4 is 40.7 Å². The average Bonchev–Trinajstić information content (AvgIpc) is 3.38. The zero-order chi connectivity index (χ0) is 20.1. The van der Waals surface area contributed by atoms with Gasteiger partial charge in [0.2, 0.25) is 17.7 Å². The minimum absolute atomic E-state index is 0.152. The Balaban J connectivity index is 1.38. The number of anilines is 2. The second-order valence-electron chi connectivity index (χ2n) is 7.89. The van der Waals surface area contributed by atoms with Crippen molar-refractivity contribution in [2.75, 3.05) is 10.2 Å². The predicted molar refractivity (Wildman–Crippen MR) is 110 cm³/mol. The lowest BCUT2D eigenvalue weighted by atomic mass is 9.85. The van der Waals surface area contributed by atoms with Crippen molar-refractivity contribution in [3.8, 4) is 0 Å². The molecular weight excluding hydrogens is 388 g/mol. The smallest absolute Gasteiger partial charge is 0.238 e. The molecule has 4 atom stereocenters. The van der Waals surface area contributed by atoms with Gasteiger partial charge in [0.1, 0.15) is 0 Å². The van der Waals surface area contributed by atoms with Crippen LogP contribution in [-0.2, 0) is 20.8 Å². The summed E-state index contributed by atoms with van der Waals surface area (Å²) in [6.45, 7) is 0. The molecule has 0 unspecified atom stereocenters. The highest BCUT2D eigenvalue weighted by Crippen LogP contribution is 2.53. The molecule has 2 aliphatic carbocycles. The number of hydrogen-bond donors (Lipinski definition) is 1. The summed E-state index contributed by atoms with van der Waals surface area (Å²) < 4.78 is 0. The minimum atomic E-state index is -0.260. The van der Waals surface area contributed by atoms with Gasteiger partial charge in [0.05, 0.1) is 34.7 Å². The molecule has 6 heteroatoms. The molecule has 146 valence electrons. The number of carbonyl (C=O) groups excluding carboxylic acids is 3. The number of rotatable bonds is 4. The Morgan fingerprint density at radius 1 is 1.00 bits per heavy atom. The molecule has 5 nitrogen and oxygen atoms in total. The van der Waals surface area contributed by atoms with Gasteiger partial charge in [0.25, 0.3) is 0 Å². The number of nitrogens with one attached hydrogen (secondary N) is 1. The van der Waals surface area contributed by atoms with E-state index in [0.29, 0.717) is 16.4 Å². The van der Waals surface area contributed by atoms with Gasteiger partial charge in [-0.2, -0.15) is 0 Å². The summed E-state index contributed by atoms with van der Waals surface area (Å²) in [5, 5.41) is 3.16. The quantitative estimate of drug-likeness (QED) is 0.619. The van der Waals surface area contributed by atoms with E-state index in [1.165, 1.54) is 4.90 Å². The number of imide groups is 1. The van der Waals surface area contributed by atoms with Gasteiger partial charge in [-0.25, -0.2) is 4.90 Å². The first-order chi connectivity index (χ1) is 14.0. The Kier molecular flexibility index (Phi) is 4.28. The zero-order valence-corrected chi connectivity index (χ0v) is 16.3. The fourth-order valence-electron chi connectivity index (χ4n) is 4.88. The molecule has 0 aromatic heterocycles. The maximum atomic E-state index is 13.0. The Labute approximate surface area is 173 Å². The SMILES string of the molecule is O=C(Cc1ccccc1)Nc1cc(N2C(=O)[C@@H]3[C@H](C2=O)[C@@H]2C=C[C@@H]3C2)ccc1Cl. The first-order valence-corrected chi connectivity index (χ1v) is 10.1. The Hall–Kier alpha value is -2.92. The van der Waals surface area contributed by atoms with Crippen LogP contribution in [0, 0.1) is 23.7 Å². The summed E-state index contributed by atoms with van der Waals surface area (Å²) in [5.74, 6) is -0.726. The molecule has 2 fully saturated rings. The maximum absolute atomic E-state index is 13.0. The first kappa shape index (κ1) is 18.1. The number of halogens is 1. The van der Waals surface area contributed by atoms with Gasteiger partial charge in [-0.1, -0.05) is 54.1 Å². The van der Waals surface area contributed by atoms with Crippen LogP contribution in [0.2, 0.25) is 5.02 Å². The van der Waals surface area contributed by atoms with E-state index in [1.54, 1.807) is 18.2 Å². The van der Waals surface area contributed by atoms with Gasteiger partial charge in [-0.15, -0.1) is 0 Å². The monoisotopic (exact) mass is 406 g/mol. The van der Waals surface area contributed by atoms with Gasteiger partial charge >= 0.3 is 0 Å².